The van der Waals surface area contributed by atoms with E-state index >= 15 is 0 Å². The van der Waals surface area contributed by atoms with Crippen molar-refractivity contribution in [3.05, 3.63) is 23.8 Å². The smallest absolute Gasteiger partial charge is 0.243 e. The first-order chi connectivity index (χ1) is 11.0. The summed E-state index contributed by atoms with van der Waals surface area (Å²) in [5.74, 6) is 0.532. The second-order valence-electron chi connectivity index (χ2n) is 6.27. The summed E-state index contributed by atoms with van der Waals surface area (Å²) >= 11 is 0. The van der Waals surface area contributed by atoms with Gasteiger partial charge in [-0.3, -0.25) is 4.79 Å². The number of nitrogens with zero attached hydrogens (tertiary/aromatic N) is 1. The normalized spacial score (nSPS) is 20.1. The van der Waals surface area contributed by atoms with Gasteiger partial charge < -0.3 is 10.6 Å². The zero-order valence-corrected chi connectivity index (χ0v) is 14.2. The Labute approximate surface area is 137 Å². The van der Waals surface area contributed by atoms with Crippen LogP contribution in [0.3, 0.4) is 0 Å². The topological polar surface area (TPSA) is 78.5 Å². The second-order valence-corrected chi connectivity index (χ2v) is 8.21. The lowest BCUT2D eigenvalue weighted by atomic mass is 9.98. The second kappa shape index (κ2) is 6.59. The Morgan fingerprint density at radius 3 is 2.70 bits per heavy atom. The number of amides is 1. The van der Waals surface area contributed by atoms with Gasteiger partial charge in [0.2, 0.25) is 15.9 Å². The highest BCUT2D eigenvalue weighted by Gasteiger charge is 2.30. The van der Waals surface area contributed by atoms with Crippen LogP contribution in [-0.4, -0.2) is 45.3 Å². The fraction of sp³-hybridized carbons (Fsp3) is 0.562. The van der Waals surface area contributed by atoms with Crippen LogP contribution in [0, 0.1) is 5.92 Å². The van der Waals surface area contributed by atoms with E-state index in [0.29, 0.717) is 36.7 Å². The van der Waals surface area contributed by atoms with Crippen LogP contribution in [0.4, 0.5) is 5.69 Å². The van der Waals surface area contributed by atoms with Crippen LogP contribution < -0.4 is 10.6 Å². The standard InChI is InChI=1S/C16H23N3O3S/c1-17-11-12-6-8-19(9-7-12)23(21,22)14-3-4-15-13(10-14)2-5-16(20)18-15/h3-4,10,12,17H,2,5-9,11H2,1H3,(H,18,20). The molecule has 0 aliphatic carbocycles. The highest BCUT2D eigenvalue weighted by Crippen LogP contribution is 2.28. The van der Waals surface area contributed by atoms with Crippen molar-refractivity contribution >= 4 is 21.6 Å². The van der Waals surface area contributed by atoms with Gasteiger partial charge in [-0.05, 0) is 62.5 Å². The lowest BCUT2D eigenvalue weighted by molar-refractivity contribution is -0.116. The highest BCUT2D eigenvalue weighted by molar-refractivity contribution is 7.89. The first-order valence-corrected chi connectivity index (χ1v) is 9.52. The van der Waals surface area contributed by atoms with Gasteiger partial charge in [0.15, 0.2) is 0 Å². The van der Waals surface area contributed by atoms with E-state index in [1.54, 1.807) is 22.5 Å². The van der Waals surface area contributed by atoms with Crippen molar-refractivity contribution in [2.45, 2.75) is 30.6 Å². The maximum atomic E-state index is 12.8. The van der Waals surface area contributed by atoms with Gasteiger partial charge >= 0.3 is 0 Å². The number of piperidine rings is 1. The molecule has 1 amide bonds. The molecule has 0 bridgehead atoms. The fourth-order valence-electron chi connectivity index (χ4n) is 3.31. The van der Waals surface area contributed by atoms with Crippen molar-refractivity contribution < 1.29 is 13.2 Å². The van der Waals surface area contributed by atoms with E-state index in [2.05, 4.69) is 10.6 Å². The number of hydrogen-bond donors (Lipinski definition) is 2. The zero-order valence-electron chi connectivity index (χ0n) is 13.3. The maximum absolute atomic E-state index is 12.8. The molecule has 2 N–H and O–H groups in total. The molecule has 0 aromatic heterocycles. The molecule has 0 atom stereocenters. The predicted molar refractivity (Wildman–Crippen MR) is 88.8 cm³/mol. The van der Waals surface area contributed by atoms with Gasteiger partial charge in [0.1, 0.15) is 0 Å². The van der Waals surface area contributed by atoms with Gasteiger partial charge in [-0.15, -0.1) is 0 Å². The van der Waals surface area contributed by atoms with Gasteiger partial charge in [-0.2, -0.15) is 4.31 Å². The van der Waals surface area contributed by atoms with E-state index < -0.39 is 10.0 Å². The third-order valence-electron chi connectivity index (χ3n) is 4.68. The van der Waals surface area contributed by atoms with Crippen molar-refractivity contribution in [1.29, 1.82) is 0 Å². The first-order valence-electron chi connectivity index (χ1n) is 8.08. The number of sulfonamides is 1. The lowest BCUT2D eigenvalue weighted by Crippen LogP contribution is -2.40. The van der Waals surface area contributed by atoms with Gasteiger partial charge in [0.05, 0.1) is 4.90 Å². The van der Waals surface area contributed by atoms with Crippen LogP contribution in [0.5, 0.6) is 0 Å². The van der Waals surface area contributed by atoms with E-state index in [9.17, 15) is 13.2 Å². The first kappa shape index (κ1) is 16.4. The van der Waals surface area contributed by atoms with Crippen LogP contribution >= 0.6 is 0 Å². The number of hydrogen-bond acceptors (Lipinski definition) is 4. The number of fused-ring (bicyclic) bond motifs is 1. The van der Waals surface area contributed by atoms with Gasteiger partial charge in [0.25, 0.3) is 0 Å². The summed E-state index contributed by atoms with van der Waals surface area (Å²) in [6.45, 7) is 2.08. The predicted octanol–water partition coefficient (Wildman–Crippen LogP) is 1.19. The van der Waals surface area contributed by atoms with E-state index in [1.165, 1.54) is 0 Å². The number of aryl methyl sites for hydroxylation is 1. The summed E-state index contributed by atoms with van der Waals surface area (Å²) < 4.78 is 27.2. The monoisotopic (exact) mass is 337 g/mol. The van der Waals surface area contributed by atoms with Gasteiger partial charge in [-0.25, -0.2) is 8.42 Å². The molecule has 2 aliphatic heterocycles. The Hall–Kier alpha value is -1.44. The molecule has 0 unspecified atom stereocenters. The van der Waals surface area contributed by atoms with Crippen LogP contribution in [-0.2, 0) is 21.2 Å². The number of nitrogens with one attached hydrogen (secondary N) is 2. The molecule has 0 saturated carbocycles. The molecule has 2 heterocycles. The fourth-order valence-corrected chi connectivity index (χ4v) is 4.83. The number of carbonyl (C=O) groups excluding carboxylic acids is 1. The molecule has 1 aromatic rings. The average Bonchev–Trinajstić information content (AvgIpc) is 2.55. The van der Waals surface area contributed by atoms with Crippen molar-refractivity contribution in [2.75, 3.05) is 32.0 Å². The number of carbonyl (C=O) groups is 1. The molecule has 0 spiro atoms. The number of anilines is 1. The lowest BCUT2D eigenvalue weighted by Gasteiger charge is -2.31. The molecule has 126 valence electrons. The molecule has 1 fully saturated rings. The van der Waals surface area contributed by atoms with Crippen LogP contribution in [0.15, 0.2) is 23.1 Å². The average molecular weight is 337 g/mol. The Kier molecular flexibility index (Phi) is 4.70. The quantitative estimate of drug-likeness (QED) is 0.865. The molecule has 7 heteroatoms. The number of rotatable bonds is 4. The summed E-state index contributed by atoms with van der Waals surface area (Å²) in [5, 5.41) is 5.94. The van der Waals surface area contributed by atoms with Crippen molar-refractivity contribution in [3.63, 3.8) is 0 Å². The third-order valence-corrected chi connectivity index (χ3v) is 6.57. The minimum absolute atomic E-state index is 0.0142. The van der Waals surface area contributed by atoms with Crippen molar-refractivity contribution in [2.24, 2.45) is 5.92 Å². The van der Waals surface area contributed by atoms with Gasteiger partial charge in [0, 0.05) is 25.2 Å². The molecular formula is C16H23N3O3S. The summed E-state index contributed by atoms with van der Waals surface area (Å²) in [6.07, 6.45) is 2.78. The van der Waals surface area contributed by atoms with Crippen LogP contribution in [0.25, 0.3) is 0 Å². The minimum atomic E-state index is -3.45. The van der Waals surface area contributed by atoms with Crippen molar-refractivity contribution in [3.8, 4) is 0 Å². The molecule has 0 radical (unpaired) electrons. The number of benzene rings is 1. The Bertz CT molecular complexity index is 695. The largest absolute Gasteiger partial charge is 0.326 e. The minimum Gasteiger partial charge on any atom is -0.326 e. The van der Waals surface area contributed by atoms with E-state index in [-0.39, 0.29) is 5.91 Å². The summed E-state index contributed by atoms with van der Waals surface area (Å²) in [4.78, 5) is 11.7. The molecule has 1 saturated heterocycles. The molecule has 23 heavy (non-hydrogen) atoms. The molecule has 6 nitrogen and oxygen atoms in total. The van der Waals surface area contributed by atoms with Gasteiger partial charge in [-0.1, -0.05) is 0 Å². The Balaban J connectivity index is 1.77. The van der Waals surface area contributed by atoms with E-state index in [0.717, 1.165) is 30.6 Å². The van der Waals surface area contributed by atoms with Crippen molar-refractivity contribution in [1.82, 2.24) is 9.62 Å². The Morgan fingerprint density at radius 2 is 2.00 bits per heavy atom. The summed E-state index contributed by atoms with van der Waals surface area (Å²) in [5.41, 5.74) is 1.63. The highest BCUT2D eigenvalue weighted by atomic mass is 32.2. The summed E-state index contributed by atoms with van der Waals surface area (Å²) in [6, 6.07) is 5.01. The molecular weight excluding hydrogens is 314 g/mol. The maximum Gasteiger partial charge on any atom is 0.243 e. The molecule has 3 rings (SSSR count). The summed E-state index contributed by atoms with van der Waals surface area (Å²) in [7, 11) is -1.52. The van der Waals surface area contributed by atoms with Crippen LogP contribution in [0.1, 0.15) is 24.8 Å². The SMILES string of the molecule is CNCC1CCN(S(=O)(=O)c2ccc3c(c2)CCC(=O)N3)CC1. The molecule has 1 aromatic carbocycles. The van der Waals surface area contributed by atoms with Crippen LogP contribution in [0.2, 0.25) is 0 Å². The molecule has 2 aliphatic rings. The Morgan fingerprint density at radius 1 is 1.26 bits per heavy atom. The van der Waals surface area contributed by atoms with E-state index in [4.69, 9.17) is 0 Å². The van der Waals surface area contributed by atoms with E-state index in [1.807, 2.05) is 7.05 Å². The zero-order chi connectivity index (χ0) is 16.4. The third kappa shape index (κ3) is 3.41.